The van der Waals surface area contributed by atoms with Gasteiger partial charge in [-0.3, -0.25) is 15.0 Å². The number of urea groups is 1. The number of carbonyl (C=O) groups is 2. The molecule has 0 bridgehead atoms. The number of thiazole rings is 1. The van der Waals surface area contributed by atoms with Gasteiger partial charge >= 0.3 is 12.0 Å². The monoisotopic (exact) mass is 380 g/mol. The Balaban J connectivity index is 1.45. The van der Waals surface area contributed by atoms with E-state index in [1.165, 1.54) is 30.6 Å². The molecule has 3 rings (SSSR count). The highest BCUT2D eigenvalue weighted by molar-refractivity contribution is 7.15. The molecule has 144 valence electrons. The number of hydrogen-bond acceptors (Lipinski definition) is 5. The first-order chi connectivity index (χ1) is 12.5. The van der Waals surface area contributed by atoms with Crippen LogP contribution in [0.4, 0.5) is 9.93 Å². The van der Waals surface area contributed by atoms with E-state index >= 15 is 0 Å². The Labute approximate surface area is 158 Å². The summed E-state index contributed by atoms with van der Waals surface area (Å²) in [4.78, 5) is 31.0. The van der Waals surface area contributed by atoms with Crippen LogP contribution >= 0.6 is 11.3 Å². The summed E-state index contributed by atoms with van der Waals surface area (Å²) < 4.78 is 0. The van der Waals surface area contributed by atoms with Crippen LogP contribution in [0.25, 0.3) is 0 Å². The normalized spacial score (nSPS) is 22.7. The maximum atomic E-state index is 12.2. The number of nitrogens with zero attached hydrogens (tertiary/aromatic N) is 2. The highest BCUT2D eigenvalue weighted by atomic mass is 32.1. The van der Waals surface area contributed by atoms with E-state index < -0.39 is 5.97 Å². The number of rotatable bonds is 6. The van der Waals surface area contributed by atoms with E-state index in [4.69, 9.17) is 5.11 Å². The number of anilines is 1. The van der Waals surface area contributed by atoms with Gasteiger partial charge in [-0.2, -0.15) is 0 Å². The second-order valence-electron chi connectivity index (χ2n) is 7.18. The molecule has 1 fully saturated rings. The SMILES string of the molecule is CCN(CC(=O)O)C1CC(NC(=O)Nc2nc3c(s2)CCCCCC3)C1. The molecule has 1 heterocycles. The van der Waals surface area contributed by atoms with E-state index in [2.05, 4.69) is 15.6 Å². The van der Waals surface area contributed by atoms with Crippen LogP contribution in [0.15, 0.2) is 0 Å². The molecule has 0 aromatic carbocycles. The molecule has 2 aliphatic rings. The molecule has 0 atom stereocenters. The summed E-state index contributed by atoms with van der Waals surface area (Å²) in [6.45, 7) is 2.73. The fourth-order valence-corrected chi connectivity index (χ4v) is 4.80. The number of nitrogens with one attached hydrogen (secondary N) is 2. The molecule has 26 heavy (non-hydrogen) atoms. The van der Waals surface area contributed by atoms with Gasteiger partial charge in [-0.15, -0.1) is 11.3 Å². The van der Waals surface area contributed by atoms with Crippen molar-refractivity contribution in [2.45, 2.75) is 70.4 Å². The average Bonchev–Trinajstić information content (AvgIpc) is 2.89. The molecule has 1 saturated carbocycles. The van der Waals surface area contributed by atoms with Crippen LogP contribution in [0.1, 0.15) is 56.0 Å². The summed E-state index contributed by atoms with van der Waals surface area (Å²) in [5, 5.41) is 15.5. The first kappa shape index (κ1) is 19.1. The van der Waals surface area contributed by atoms with Gasteiger partial charge in [0.1, 0.15) is 0 Å². The molecule has 2 aliphatic carbocycles. The topological polar surface area (TPSA) is 94.6 Å². The van der Waals surface area contributed by atoms with Gasteiger partial charge in [0, 0.05) is 17.0 Å². The van der Waals surface area contributed by atoms with E-state index in [1.54, 1.807) is 11.3 Å². The Kier molecular flexibility index (Phi) is 6.48. The number of aliphatic carboxylic acids is 1. The molecule has 1 aromatic rings. The average molecular weight is 381 g/mol. The predicted molar refractivity (Wildman–Crippen MR) is 102 cm³/mol. The van der Waals surface area contributed by atoms with Crippen molar-refractivity contribution < 1.29 is 14.7 Å². The van der Waals surface area contributed by atoms with E-state index in [0.717, 1.165) is 31.4 Å². The fraction of sp³-hybridized carbons (Fsp3) is 0.722. The molecule has 0 aliphatic heterocycles. The van der Waals surface area contributed by atoms with Crippen LogP contribution in [-0.4, -0.2) is 52.2 Å². The summed E-state index contributed by atoms with van der Waals surface area (Å²) >= 11 is 1.60. The third-order valence-corrected chi connectivity index (χ3v) is 6.35. The smallest absolute Gasteiger partial charge is 0.321 e. The number of likely N-dealkylation sites (N-methyl/N-ethyl adjacent to an activating group) is 1. The maximum Gasteiger partial charge on any atom is 0.321 e. The molecule has 0 spiro atoms. The van der Waals surface area contributed by atoms with E-state index in [0.29, 0.717) is 11.7 Å². The van der Waals surface area contributed by atoms with Crippen LogP contribution in [0.3, 0.4) is 0 Å². The Morgan fingerprint density at radius 3 is 2.65 bits per heavy atom. The zero-order valence-electron chi connectivity index (χ0n) is 15.3. The number of hydrogen-bond donors (Lipinski definition) is 3. The van der Waals surface area contributed by atoms with Crippen molar-refractivity contribution in [3.8, 4) is 0 Å². The number of aromatic nitrogens is 1. The highest BCUT2D eigenvalue weighted by Crippen LogP contribution is 2.29. The Bertz CT molecular complexity index is 617. The van der Waals surface area contributed by atoms with E-state index in [-0.39, 0.29) is 24.7 Å². The van der Waals surface area contributed by atoms with Crippen LogP contribution in [-0.2, 0) is 17.6 Å². The minimum Gasteiger partial charge on any atom is -0.480 e. The Hall–Kier alpha value is -1.67. The first-order valence-corrected chi connectivity index (χ1v) is 10.4. The first-order valence-electron chi connectivity index (χ1n) is 9.57. The molecule has 0 radical (unpaired) electrons. The quantitative estimate of drug-likeness (QED) is 0.705. The summed E-state index contributed by atoms with van der Waals surface area (Å²) in [5.41, 5.74) is 1.15. The molecule has 0 unspecified atom stereocenters. The summed E-state index contributed by atoms with van der Waals surface area (Å²) in [6, 6.07) is 0.126. The fourth-order valence-electron chi connectivity index (χ4n) is 3.75. The van der Waals surface area contributed by atoms with Crippen molar-refractivity contribution in [1.82, 2.24) is 15.2 Å². The third kappa shape index (κ3) is 4.94. The lowest BCUT2D eigenvalue weighted by atomic mass is 9.85. The molecule has 8 heteroatoms. The minimum atomic E-state index is -0.805. The zero-order valence-corrected chi connectivity index (χ0v) is 16.1. The third-order valence-electron chi connectivity index (χ3n) is 5.28. The molecular weight excluding hydrogens is 352 g/mol. The summed E-state index contributed by atoms with van der Waals surface area (Å²) in [5.74, 6) is -0.805. The number of carboxylic acids is 1. The van der Waals surface area contributed by atoms with Gasteiger partial charge in [-0.1, -0.05) is 19.8 Å². The number of fused-ring (bicyclic) bond motifs is 1. The van der Waals surface area contributed by atoms with Gasteiger partial charge in [0.05, 0.1) is 12.2 Å². The lowest BCUT2D eigenvalue weighted by molar-refractivity contribution is -0.139. The second kappa shape index (κ2) is 8.81. The summed E-state index contributed by atoms with van der Waals surface area (Å²) in [6.07, 6.45) is 8.59. The van der Waals surface area contributed by atoms with Crippen molar-refractivity contribution in [1.29, 1.82) is 0 Å². The lowest BCUT2D eigenvalue weighted by Gasteiger charge is -2.42. The van der Waals surface area contributed by atoms with Gasteiger partial charge in [0.25, 0.3) is 0 Å². The minimum absolute atomic E-state index is 0.0603. The van der Waals surface area contributed by atoms with Gasteiger partial charge in [-0.05, 0) is 45.1 Å². The van der Waals surface area contributed by atoms with Crippen LogP contribution in [0, 0.1) is 0 Å². The number of amides is 2. The van der Waals surface area contributed by atoms with Crippen molar-refractivity contribution in [3.05, 3.63) is 10.6 Å². The predicted octanol–water partition coefficient (Wildman–Crippen LogP) is 2.86. The standard InChI is InChI=1S/C18H28N4O3S/c1-2-22(11-16(23)24)13-9-12(10-13)19-17(25)21-18-20-14-7-5-3-4-6-8-15(14)26-18/h12-13H,2-11H2,1H3,(H,23,24)(H2,19,20,21,25). The zero-order chi connectivity index (χ0) is 18.5. The summed E-state index contributed by atoms with van der Waals surface area (Å²) in [7, 11) is 0. The van der Waals surface area contributed by atoms with Crippen LogP contribution in [0.5, 0.6) is 0 Å². The van der Waals surface area contributed by atoms with Gasteiger partial charge < -0.3 is 10.4 Å². The molecular formula is C18H28N4O3S. The second-order valence-corrected chi connectivity index (χ2v) is 8.26. The molecule has 3 N–H and O–H groups in total. The van der Waals surface area contributed by atoms with Crippen molar-refractivity contribution in [3.63, 3.8) is 0 Å². The number of aryl methyl sites for hydroxylation is 2. The molecule has 0 saturated heterocycles. The van der Waals surface area contributed by atoms with Crippen molar-refractivity contribution >= 4 is 28.5 Å². The Morgan fingerprint density at radius 1 is 1.23 bits per heavy atom. The lowest BCUT2D eigenvalue weighted by Crippen LogP contribution is -2.55. The van der Waals surface area contributed by atoms with Gasteiger partial charge in [0.2, 0.25) is 0 Å². The molecule has 7 nitrogen and oxygen atoms in total. The number of carbonyl (C=O) groups excluding carboxylic acids is 1. The maximum absolute atomic E-state index is 12.2. The highest BCUT2D eigenvalue weighted by Gasteiger charge is 2.34. The van der Waals surface area contributed by atoms with Gasteiger partial charge in [-0.25, -0.2) is 9.78 Å². The van der Waals surface area contributed by atoms with E-state index in [9.17, 15) is 9.59 Å². The van der Waals surface area contributed by atoms with Crippen molar-refractivity contribution in [2.24, 2.45) is 0 Å². The Morgan fingerprint density at radius 2 is 1.96 bits per heavy atom. The number of carboxylic acid groups (broad SMARTS) is 1. The molecule has 1 aromatic heterocycles. The van der Waals surface area contributed by atoms with Crippen molar-refractivity contribution in [2.75, 3.05) is 18.4 Å². The largest absolute Gasteiger partial charge is 0.480 e. The van der Waals surface area contributed by atoms with Crippen LogP contribution < -0.4 is 10.6 Å². The van der Waals surface area contributed by atoms with Crippen LogP contribution in [0.2, 0.25) is 0 Å². The van der Waals surface area contributed by atoms with E-state index in [1.807, 2.05) is 11.8 Å². The molecule has 2 amide bonds. The van der Waals surface area contributed by atoms with Gasteiger partial charge in [0.15, 0.2) is 5.13 Å².